The van der Waals surface area contributed by atoms with E-state index in [1.165, 1.54) is 0 Å². The average Bonchev–Trinajstić information content (AvgIpc) is 2.84. The topological polar surface area (TPSA) is 108 Å². The number of hydrogen-bond acceptors (Lipinski definition) is 5. The molecule has 0 amide bonds. The number of aromatic nitrogens is 1. The monoisotopic (exact) mass is 515 g/mol. The zero-order valence-corrected chi connectivity index (χ0v) is 21.7. The van der Waals surface area contributed by atoms with Gasteiger partial charge in [0.2, 0.25) is 10.0 Å². The van der Waals surface area contributed by atoms with E-state index < -0.39 is 22.0 Å². The summed E-state index contributed by atoms with van der Waals surface area (Å²) in [6.07, 6.45) is 1.73. The number of benzene rings is 3. The van der Waals surface area contributed by atoms with E-state index in [9.17, 15) is 18.3 Å². The Morgan fingerprint density at radius 2 is 1.59 bits per heavy atom. The lowest BCUT2D eigenvalue weighted by molar-refractivity contribution is -0.138. The van der Waals surface area contributed by atoms with Crippen LogP contribution in [0.2, 0.25) is 0 Å². The van der Waals surface area contributed by atoms with Crippen molar-refractivity contribution in [2.24, 2.45) is 0 Å². The normalized spacial score (nSPS) is 12.2. The van der Waals surface area contributed by atoms with Gasteiger partial charge in [-0.25, -0.2) is 13.4 Å². The van der Waals surface area contributed by atoms with Gasteiger partial charge in [0.15, 0.2) is 0 Å². The number of nitrogens with zero attached hydrogens (tertiary/aromatic N) is 1. The van der Waals surface area contributed by atoms with E-state index in [4.69, 9.17) is 0 Å². The van der Waals surface area contributed by atoms with Gasteiger partial charge in [-0.05, 0) is 79.3 Å². The lowest BCUT2D eigenvalue weighted by Crippen LogP contribution is -2.42. The highest BCUT2D eigenvalue weighted by Crippen LogP contribution is 2.26. The molecule has 0 spiro atoms. The molecule has 4 aromatic rings. The Labute approximate surface area is 217 Å². The maximum Gasteiger partial charge on any atom is 0.322 e. The first-order valence-electron chi connectivity index (χ1n) is 11.8. The number of pyridine rings is 1. The zero-order chi connectivity index (χ0) is 26.6. The predicted octanol–water partition coefficient (Wildman–Crippen LogP) is 5.39. The molecule has 1 atom stereocenters. The quantitative estimate of drug-likeness (QED) is 0.276. The first-order chi connectivity index (χ1) is 17.6. The fourth-order valence-corrected chi connectivity index (χ4v) is 6.09. The molecule has 0 aliphatic rings. The van der Waals surface area contributed by atoms with Crippen LogP contribution in [0.25, 0.3) is 11.1 Å². The van der Waals surface area contributed by atoms with Crippen molar-refractivity contribution < 1.29 is 18.3 Å². The molecule has 0 radical (unpaired) electrons. The van der Waals surface area contributed by atoms with Gasteiger partial charge in [-0.3, -0.25) is 4.79 Å². The maximum atomic E-state index is 13.1. The first-order valence-corrected chi connectivity index (χ1v) is 13.3. The van der Waals surface area contributed by atoms with Crippen LogP contribution in [0.3, 0.4) is 0 Å². The molecule has 0 saturated carbocycles. The Morgan fingerprint density at radius 1 is 0.892 bits per heavy atom. The molecule has 8 heteroatoms. The molecule has 4 rings (SSSR count). The summed E-state index contributed by atoms with van der Waals surface area (Å²) in [5.74, 6) is -0.489. The van der Waals surface area contributed by atoms with E-state index in [1.807, 2.05) is 73.7 Å². The fourth-order valence-electron chi connectivity index (χ4n) is 4.45. The van der Waals surface area contributed by atoms with Crippen molar-refractivity contribution in [2.75, 3.05) is 5.32 Å². The molecule has 37 heavy (non-hydrogen) atoms. The third-order valence-electron chi connectivity index (χ3n) is 6.00. The highest BCUT2D eigenvalue weighted by molar-refractivity contribution is 7.89. The Kier molecular flexibility index (Phi) is 7.71. The number of nitrogens with one attached hydrogen (secondary N) is 2. The Balaban J connectivity index is 1.50. The summed E-state index contributed by atoms with van der Waals surface area (Å²) in [6.45, 7) is 5.31. The third kappa shape index (κ3) is 6.41. The van der Waals surface area contributed by atoms with Crippen molar-refractivity contribution in [2.45, 2.75) is 38.1 Å². The van der Waals surface area contributed by atoms with Gasteiger partial charge in [-0.1, -0.05) is 60.2 Å². The van der Waals surface area contributed by atoms with Crippen molar-refractivity contribution in [3.05, 3.63) is 107 Å². The van der Waals surface area contributed by atoms with Crippen LogP contribution in [0.15, 0.2) is 90.0 Å². The minimum Gasteiger partial charge on any atom is -0.480 e. The third-order valence-corrected chi connectivity index (χ3v) is 7.77. The van der Waals surface area contributed by atoms with Gasteiger partial charge in [0, 0.05) is 11.9 Å². The second-order valence-electron chi connectivity index (χ2n) is 9.06. The molecule has 0 bridgehead atoms. The molecule has 190 valence electrons. The Morgan fingerprint density at radius 3 is 2.22 bits per heavy atom. The molecular formula is C29H29N3O4S. The number of carbonyl (C=O) groups is 1. The van der Waals surface area contributed by atoms with Crippen LogP contribution in [0.1, 0.15) is 22.3 Å². The second-order valence-corrected chi connectivity index (χ2v) is 10.7. The first kappa shape index (κ1) is 26.1. The van der Waals surface area contributed by atoms with Gasteiger partial charge >= 0.3 is 5.97 Å². The van der Waals surface area contributed by atoms with Gasteiger partial charge < -0.3 is 10.4 Å². The second kappa shape index (κ2) is 10.9. The van der Waals surface area contributed by atoms with E-state index in [2.05, 4.69) is 15.0 Å². The molecule has 0 unspecified atom stereocenters. The molecule has 1 heterocycles. The van der Waals surface area contributed by atoms with Crippen LogP contribution in [0, 0.1) is 20.8 Å². The number of anilines is 2. The van der Waals surface area contributed by atoms with Crippen LogP contribution < -0.4 is 10.0 Å². The van der Waals surface area contributed by atoms with E-state index >= 15 is 0 Å². The maximum absolute atomic E-state index is 13.1. The van der Waals surface area contributed by atoms with Crippen molar-refractivity contribution in [1.29, 1.82) is 0 Å². The minimum atomic E-state index is -4.03. The molecule has 0 fully saturated rings. The number of rotatable bonds is 9. The number of carboxylic acid groups (broad SMARTS) is 1. The highest BCUT2D eigenvalue weighted by atomic mass is 32.2. The lowest BCUT2D eigenvalue weighted by atomic mass is 10.0. The van der Waals surface area contributed by atoms with E-state index in [0.717, 1.165) is 28.2 Å². The predicted molar refractivity (Wildman–Crippen MR) is 145 cm³/mol. The summed E-state index contributed by atoms with van der Waals surface area (Å²) in [6, 6.07) is 23.2. The van der Waals surface area contributed by atoms with Gasteiger partial charge in [0.25, 0.3) is 0 Å². The summed E-state index contributed by atoms with van der Waals surface area (Å²) < 4.78 is 28.6. The zero-order valence-electron chi connectivity index (χ0n) is 20.9. The van der Waals surface area contributed by atoms with Crippen LogP contribution in [-0.4, -0.2) is 30.5 Å². The molecular weight excluding hydrogens is 486 g/mol. The number of hydrogen-bond donors (Lipinski definition) is 3. The minimum absolute atomic E-state index is 0.0140. The summed E-state index contributed by atoms with van der Waals surface area (Å²) in [4.78, 5) is 16.4. The van der Waals surface area contributed by atoms with Crippen LogP contribution >= 0.6 is 0 Å². The number of aryl methyl sites for hydroxylation is 3. The number of aliphatic carboxylic acids is 1. The van der Waals surface area contributed by atoms with Crippen molar-refractivity contribution in [3.63, 3.8) is 0 Å². The SMILES string of the molecule is Cc1cc(C)c(S(=O)(=O)N[C@@H](Cc2ccc(-c3cccc(Nc4ccccn4)c3)cc2)C(=O)O)c(C)c1. The standard InChI is InChI=1S/C29H29N3O4S/c1-19-15-20(2)28(21(3)16-19)37(35,36)32-26(29(33)34)17-22-10-12-23(13-11-22)24-7-6-8-25(18-24)31-27-9-4-5-14-30-27/h4-16,18,26,32H,17H2,1-3H3,(H,30,31)(H,33,34)/t26-/m0/s1. The van der Waals surface area contributed by atoms with Gasteiger partial charge in [0.1, 0.15) is 11.9 Å². The molecule has 0 aliphatic carbocycles. The molecule has 7 nitrogen and oxygen atoms in total. The summed E-state index contributed by atoms with van der Waals surface area (Å²) in [5.41, 5.74) is 5.64. The van der Waals surface area contributed by atoms with Crippen LogP contribution in [0.4, 0.5) is 11.5 Å². The summed E-state index contributed by atoms with van der Waals surface area (Å²) in [7, 11) is -4.03. The summed E-state index contributed by atoms with van der Waals surface area (Å²) in [5, 5.41) is 13.0. The highest BCUT2D eigenvalue weighted by Gasteiger charge is 2.28. The molecule has 1 aromatic heterocycles. The van der Waals surface area contributed by atoms with E-state index in [-0.39, 0.29) is 11.3 Å². The number of sulfonamides is 1. The van der Waals surface area contributed by atoms with Crippen molar-refractivity contribution in [1.82, 2.24) is 9.71 Å². The Bertz CT molecular complexity index is 1500. The molecule has 3 aromatic carbocycles. The van der Waals surface area contributed by atoms with Crippen LogP contribution in [-0.2, 0) is 21.2 Å². The summed E-state index contributed by atoms with van der Waals surface area (Å²) >= 11 is 0. The van der Waals surface area contributed by atoms with E-state index in [0.29, 0.717) is 16.7 Å². The molecule has 0 aliphatic heterocycles. The van der Waals surface area contributed by atoms with Gasteiger partial charge in [-0.2, -0.15) is 4.72 Å². The van der Waals surface area contributed by atoms with Crippen molar-refractivity contribution in [3.8, 4) is 11.1 Å². The molecule has 3 N–H and O–H groups in total. The largest absolute Gasteiger partial charge is 0.480 e. The smallest absolute Gasteiger partial charge is 0.322 e. The lowest BCUT2D eigenvalue weighted by Gasteiger charge is -2.18. The van der Waals surface area contributed by atoms with Crippen LogP contribution in [0.5, 0.6) is 0 Å². The number of carboxylic acids is 1. The molecule has 0 saturated heterocycles. The van der Waals surface area contributed by atoms with E-state index in [1.54, 1.807) is 32.2 Å². The van der Waals surface area contributed by atoms with Gasteiger partial charge in [-0.15, -0.1) is 0 Å². The Hall–Kier alpha value is -4.01. The fraction of sp³-hybridized carbons (Fsp3) is 0.172. The average molecular weight is 516 g/mol. The van der Waals surface area contributed by atoms with Gasteiger partial charge in [0.05, 0.1) is 4.90 Å². The van der Waals surface area contributed by atoms with Crippen molar-refractivity contribution >= 4 is 27.5 Å².